The first kappa shape index (κ1) is 10.2. The summed E-state index contributed by atoms with van der Waals surface area (Å²) in [7, 11) is 0. The van der Waals surface area contributed by atoms with Gasteiger partial charge in [-0.1, -0.05) is 6.07 Å². The number of H-pyrrole nitrogens is 1. The number of nitrogens with zero attached hydrogens (tertiary/aromatic N) is 2. The van der Waals surface area contributed by atoms with Crippen molar-refractivity contribution in [2.75, 3.05) is 11.9 Å². The van der Waals surface area contributed by atoms with Gasteiger partial charge in [-0.25, -0.2) is 0 Å². The van der Waals surface area contributed by atoms with E-state index in [9.17, 15) is 4.79 Å². The lowest BCUT2D eigenvalue weighted by molar-refractivity contribution is -0.124. The zero-order chi connectivity index (χ0) is 11.7. The van der Waals surface area contributed by atoms with Crippen LogP contribution in [-0.2, 0) is 9.53 Å². The van der Waals surface area contributed by atoms with Crippen LogP contribution in [0.2, 0.25) is 0 Å². The van der Waals surface area contributed by atoms with E-state index in [-0.39, 0.29) is 12.0 Å². The van der Waals surface area contributed by atoms with Crippen LogP contribution in [0.15, 0.2) is 18.2 Å². The largest absolute Gasteiger partial charge is 0.368 e. The Balaban J connectivity index is 1.84. The zero-order valence-corrected chi connectivity index (χ0v) is 9.14. The molecule has 0 aliphatic carbocycles. The number of anilines is 1. The fourth-order valence-electron chi connectivity index (χ4n) is 1.97. The van der Waals surface area contributed by atoms with Gasteiger partial charge in [-0.2, -0.15) is 15.4 Å². The smallest absolute Gasteiger partial charge is 0.253 e. The third-order valence-electron chi connectivity index (χ3n) is 2.83. The first-order valence-electron chi connectivity index (χ1n) is 5.56. The van der Waals surface area contributed by atoms with Crippen molar-refractivity contribution in [3.8, 4) is 0 Å². The predicted octanol–water partition coefficient (Wildman–Crippen LogP) is 1.08. The number of nitrogens with one attached hydrogen (secondary N) is 2. The highest BCUT2D eigenvalue weighted by atomic mass is 16.5. The molecule has 1 unspecified atom stereocenters. The van der Waals surface area contributed by atoms with E-state index in [1.54, 1.807) is 6.07 Å². The Morgan fingerprint density at radius 1 is 1.47 bits per heavy atom. The van der Waals surface area contributed by atoms with Crippen molar-refractivity contribution in [3.63, 3.8) is 0 Å². The van der Waals surface area contributed by atoms with Crippen molar-refractivity contribution < 1.29 is 9.53 Å². The lowest BCUT2D eigenvalue weighted by atomic mass is 10.2. The molecule has 2 N–H and O–H groups in total. The number of aromatic amines is 1. The van der Waals surface area contributed by atoms with E-state index < -0.39 is 0 Å². The maximum atomic E-state index is 11.9. The summed E-state index contributed by atoms with van der Waals surface area (Å²) in [6.45, 7) is 0.659. The van der Waals surface area contributed by atoms with Crippen molar-refractivity contribution in [3.05, 3.63) is 18.2 Å². The topological polar surface area (TPSA) is 79.9 Å². The molecular weight excluding hydrogens is 220 g/mol. The van der Waals surface area contributed by atoms with Crippen molar-refractivity contribution in [2.45, 2.75) is 18.9 Å². The monoisotopic (exact) mass is 232 g/mol. The van der Waals surface area contributed by atoms with Gasteiger partial charge in [0.1, 0.15) is 17.1 Å². The fourth-order valence-corrected chi connectivity index (χ4v) is 1.97. The molecule has 0 spiro atoms. The number of para-hydroxylation sites is 1. The summed E-state index contributed by atoms with van der Waals surface area (Å²) in [5.41, 5.74) is 2.06. The molecule has 0 saturated carbocycles. The van der Waals surface area contributed by atoms with Crippen LogP contribution in [0.25, 0.3) is 11.0 Å². The Bertz CT molecular complexity index is 545. The van der Waals surface area contributed by atoms with E-state index in [4.69, 9.17) is 4.74 Å². The van der Waals surface area contributed by atoms with Gasteiger partial charge in [0, 0.05) is 6.61 Å². The number of amides is 1. The van der Waals surface area contributed by atoms with Crippen LogP contribution in [0, 0.1) is 0 Å². The van der Waals surface area contributed by atoms with E-state index in [0.29, 0.717) is 17.8 Å². The fraction of sp³-hybridized carbons (Fsp3) is 0.364. The molecule has 1 atom stereocenters. The molecule has 1 aliphatic rings. The highest BCUT2D eigenvalue weighted by Crippen LogP contribution is 2.20. The zero-order valence-electron chi connectivity index (χ0n) is 9.14. The standard InChI is InChI=1S/C11H12N4O2/c16-11(9-5-2-6-17-9)12-7-3-1-4-8-10(7)14-15-13-8/h1,3-4,9H,2,5-6H2,(H,12,16)(H,13,14,15). The van der Waals surface area contributed by atoms with Gasteiger partial charge in [-0.3, -0.25) is 4.79 Å². The highest BCUT2D eigenvalue weighted by molar-refractivity contribution is 6.01. The summed E-state index contributed by atoms with van der Waals surface area (Å²) in [6.07, 6.45) is 1.38. The second kappa shape index (κ2) is 4.14. The van der Waals surface area contributed by atoms with E-state index in [1.807, 2.05) is 12.1 Å². The molecule has 6 heteroatoms. The second-order valence-corrected chi connectivity index (χ2v) is 3.99. The molecule has 1 saturated heterocycles. The van der Waals surface area contributed by atoms with Crippen LogP contribution in [-0.4, -0.2) is 34.0 Å². The number of carbonyl (C=O) groups is 1. The quantitative estimate of drug-likeness (QED) is 0.811. The molecule has 17 heavy (non-hydrogen) atoms. The summed E-state index contributed by atoms with van der Waals surface area (Å²) >= 11 is 0. The van der Waals surface area contributed by atoms with Gasteiger partial charge in [-0.15, -0.1) is 0 Å². The summed E-state index contributed by atoms with van der Waals surface area (Å²) in [4.78, 5) is 11.9. The molecule has 3 rings (SSSR count). The number of benzene rings is 1. The number of rotatable bonds is 2. The SMILES string of the molecule is O=C(Nc1cccc2n[nH]nc12)C1CCCO1. The Labute approximate surface area is 97.3 Å². The maximum absolute atomic E-state index is 11.9. The highest BCUT2D eigenvalue weighted by Gasteiger charge is 2.24. The van der Waals surface area contributed by atoms with Crippen LogP contribution >= 0.6 is 0 Å². The number of hydrogen-bond donors (Lipinski definition) is 2. The molecule has 1 fully saturated rings. The van der Waals surface area contributed by atoms with E-state index in [0.717, 1.165) is 18.4 Å². The van der Waals surface area contributed by atoms with Crippen LogP contribution in [0.4, 0.5) is 5.69 Å². The van der Waals surface area contributed by atoms with Gasteiger partial charge >= 0.3 is 0 Å². The van der Waals surface area contributed by atoms with Gasteiger partial charge in [-0.05, 0) is 25.0 Å². The number of fused-ring (bicyclic) bond motifs is 1. The molecule has 1 aromatic carbocycles. The summed E-state index contributed by atoms with van der Waals surface area (Å²) in [5, 5.41) is 13.3. The third kappa shape index (κ3) is 1.87. The Kier molecular flexibility index (Phi) is 2.49. The Hall–Kier alpha value is -1.95. The van der Waals surface area contributed by atoms with Gasteiger partial charge in [0.25, 0.3) is 5.91 Å². The van der Waals surface area contributed by atoms with Crippen molar-refractivity contribution >= 4 is 22.6 Å². The molecule has 2 heterocycles. The molecule has 2 aromatic rings. The molecule has 0 bridgehead atoms. The van der Waals surface area contributed by atoms with Gasteiger partial charge in [0.15, 0.2) is 0 Å². The Morgan fingerprint density at radius 2 is 2.41 bits per heavy atom. The van der Waals surface area contributed by atoms with Crippen LogP contribution in [0.5, 0.6) is 0 Å². The molecule has 1 amide bonds. The summed E-state index contributed by atoms with van der Waals surface area (Å²) in [5.74, 6) is -0.113. The average Bonchev–Trinajstić information content (AvgIpc) is 3.00. The van der Waals surface area contributed by atoms with Crippen molar-refractivity contribution in [2.24, 2.45) is 0 Å². The molecule has 1 aromatic heterocycles. The molecule has 1 aliphatic heterocycles. The van der Waals surface area contributed by atoms with E-state index in [2.05, 4.69) is 20.7 Å². The minimum atomic E-state index is -0.336. The molecule has 6 nitrogen and oxygen atoms in total. The molecular formula is C11H12N4O2. The summed E-state index contributed by atoms with van der Waals surface area (Å²) < 4.78 is 5.32. The lowest BCUT2D eigenvalue weighted by Gasteiger charge is -2.10. The summed E-state index contributed by atoms with van der Waals surface area (Å²) in [6, 6.07) is 5.47. The van der Waals surface area contributed by atoms with Gasteiger partial charge in [0.05, 0.1) is 5.69 Å². The van der Waals surface area contributed by atoms with Crippen molar-refractivity contribution in [1.29, 1.82) is 0 Å². The normalized spacial score (nSPS) is 19.6. The predicted molar refractivity (Wildman–Crippen MR) is 61.5 cm³/mol. The lowest BCUT2D eigenvalue weighted by Crippen LogP contribution is -2.26. The first-order chi connectivity index (χ1) is 8.34. The maximum Gasteiger partial charge on any atom is 0.253 e. The van der Waals surface area contributed by atoms with Crippen molar-refractivity contribution in [1.82, 2.24) is 15.4 Å². The second-order valence-electron chi connectivity index (χ2n) is 3.99. The van der Waals surface area contributed by atoms with Gasteiger partial charge in [0.2, 0.25) is 0 Å². The van der Waals surface area contributed by atoms with E-state index in [1.165, 1.54) is 0 Å². The number of aromatic nitrogens is 3. The van der Waals surface area contributed by atoms with Crippen LogP contribution in [0.1, 0.15) is 12.8 Å². The van der Waals surface area contributed by atoms with Crippen LogP contribution < -0.4 is 5.32 Å². The minimum absolute atomic E-state index is 0.113. The number of ether oxygens (including phenoxy) is 1. The molecule has 0 radical (unpaired) electrons. The third-order valence-corrected chi connectivity index (χ3v) is 2.83. The Morgan fingerprint density at radius 3 is 3.24 bits per heavy atom. The average molecular weight is 232 g/mol. The first-order valence-corrected chi connectivity index (χ1v) is 5.56. The van der Waals surface area contributed by atoms with Gasteiger partial charge < -0.3 is 10.1 Å². The number of hydrogen-bond acceptors (Lipinski definition) is 4. The number of carbonyl (C=O) groups excluding carboxylic acids is 1. The minimum Gasteiger partial charge on any atom is -0.368 e. The van der Waals surface area contributed by atoms with Crippen LogP contribution in [0.3, 0.4) is 0 Å². The van der Waals surface area contributed by atoms with E-state index >= 15 is 0 Å². The molecule has 88 valence electrons.